The number of carbonyl (C=O) groups is 1. The number of ether oxygens (including phenoxy) is 1. The van der Waals surface area contributed by atoms with Gasteiger partial charge in [0.2, 0.25) is 0 Å². The van der Waals surface area contributed by atoms with Gasteiger partial charge in [-0.1, -0.05) is 67.2 Å². The first kappa shape index (κ1) is 24.0. The third-order valence-electron chi connectivity index (χ3n) is 6.03. The van der Waals surface area contributed by atoms with Crippen LogP contribution in [0.3, 0.4) is 0 Å². The van der Waals surface area contributed by atoms with Gasteiger partial charge in [0.25, 0.3) is 5.91 Å². The molecular formula is C25H30Cl2N4O2. The summed E-state index contributed by atoms with van der Waals surface area (Å²) in [5.41, 5.74) is 6.60. The lowest BCUT2D eigenvalue weighted by Crippen LogP contribution is -2.50. The molecule has 0 radical (unpaired) electrons. The number of rotatable bonds is 8. The van der Waals surface area contributed by atoms with E-state index in [9.17, 15) is 4.79 Å². The maximum atomic E-state index is 13.0. The Hall–Kier alpha value is -2.12. The molecule has 0 bridgehead atoms. The minimum atomic E-state index is -0.189. The predicted octanol–water partition coefficient (Wildman–Crippen LogP) is 5.40. The van der Waals surface area contributed by atoms with Crippen molar-refractivity contribution in [1.29, 1.82) is 0 Å². The molecule has 4 rings (SSSR count). The molecule has 6 nitrogen and oxygen atoms in total. The van der Waals surface area contributed by atoms with Gasteiger partial charge in [-0.05, 0) is 42.2 Å². The maximum absolute atomic E-state index is 13.0. The average molecular weight is 489 g/mol. The van der Waals surface area contributed by atoms with Crippen molar-refractivity contribution in [3.8, 4) is 0 Å². The highest BCUT2D eigenvalue weighted by Crippen LogP contribution is 2.39. The molecule has 2 aromatic carbocycles. The number of morpholine rings is 1. The van der Waals surface area contributed by atoms with Crippen LogP contribution >= 0.6 is 23.2 Å². The quantitative estimate of drug-likeness (QED) is 0.505. The van der Waals surface area contributed by atoms with Crippen molar-refractivity contribution >= 4 is 40.5 Å². The number of aryl methyl sites for hydroxylation is 1. The smallest absolute Gasteiger partial charge is 0.281 e. The maximum Gasteiger partial charge on any atom is 0.281 e. The number of nitrogens with one attached hydrogen (secondary N) is 1. The van der Waals surface area contributed by atoms with Crippen molar-refractivity contribution < 1.29 is 9.53 Å². The molecule has 176 valence electrons. The zero-order chi connectivity index (χ0) is 23.2. The van der Waals surface area contributed by atoms with Gasteiger partial charge in [-0.2, -0.15) is 5.10 Å². The number of unbranched alkanes of at least 4 members (excludes halogenated alkanes) is 2. The molecule has 1 unspecified atom stereocenters. The Bertz CT molecular complexity index is 990. The molecule has 1 amide bonds. The fraction of sp³-hybridized carbons (Fsp3) is 0.440. The molecule has 1 saturated heterocycles. The second-order valence-corrected chi connectivity index (χ2v) is 9.29. The molecule has 8 heteroatoms. The third-order valence-corrected chi connectivity index (χ3v) is 6.57. The van der Waals surface area contributed by atoms with Gasteiger partial charge in [0, 0.05) is 24.5 Å². The van der Waals surface area contributed by atoms with Gasteiger partial charge in [0.15, 0.2) is 0 Å². The van der Waals surface area contributed by atoms with Gasteiger partial charge in [-0.15, -0.1) is 0 Å². The number of hydrogen-bond acceptors (Lipinski definition) is 5. The minimum absolute atomic E-state index is 0.126. The Balaban J connectivity index is 1.56. The number of carbonyl (C=O) groups excluding carboxylic acids is 1. The summed E-state index contributed by atoms with van der Waals surface area (Å²) < 4.78 is 5.36. The van der Waals surface area contributed by atoms with Crippen molar-refractivity contribution in [1.82, 2.24) is 10.4 Å². The van der Waals surface area contributed by atoms with Crippen LogP contribution in [0.15, 0.2) is 47.6 Å². The largest absolute Gasteiger partial charge is 0.379 e. The summed E-state index contributed by atoms with van der Waals surface area (Å²) in [6, 6.07) is 13.9. The number of anilines is 1. The van der Waals surface area contributed by atoms with Crippen LogP contribution in [0.5, 0.6) is 0 Å². The molecule has 2 aliphatic rings. The van der Waals surface area contributed by atoms with Crippen LogP contribution in [-0.4, -0.2) is 42.9 Å². The van der Waals surface area contributed by atoms with E-state index in [4.69, 9.17) is 33.0 Å². The lowest BCUT2D eigenvalue weighted by molar-refractivity contribution is -0.121. The van der Waals surface area contributed by atoms with Crippen molar-refractivity contribution in [2.45, 2.75) is 45.1 Å². The van der Waals surface area contributed by atoms with E-state index in [-0.39, 0.29) is 11.9 Å². The second kappa shape index (κ2) is 11.3. The van der Waals surface area contributed by atoms with Gasteiger partial charge in [-0.25, -0.2) is 5.01 Å². The van der Waals surface area contributed by atoms with E-state index < -0.39 is 0 Å². The van der Waals surface area contributed by atoms with E-state index >= 15 is 0 Å². The summed E-state index contributed by atoms with van der Waals surface area (Å²) in [5, 5.41) is 9.50. The topological polar surface area (TPSA) is 57.2 Å². The van der Waals surface area contributed by atoms with Crippen LogP contribution in [0.25, 0.3) is 0 Å². The normalized spacial score (nSPS) is 18.9. The summed E-state index contributed by atoms with van der Waals surface area (Å²) >= 11 is 12.6. The predicted molar refractivity (Wildman–Crippen MR) is 134 cm³/mol. The number of benzene rings is 2. The molecule has 0 aliphatic carbocycles. The van der Waals surface area contributed by atoms with E-state index in [1.165, 1.54) is 24.8 Å². The van der Waals surface area contributed by atoms with Crippen LogP contribution in [0.1, 0.15) is 49.8 Å². The number of amides is 1. The van der Waals surface area contributed by atoms with Crippen molar-refractivity contribution in [2.75, 3.05) is 31.3 Å². The van der Waals surface area contributed by atoms with Gasteiger partial charge < -0.3 is 4.74 Å². The van der Waals surface area contributed by atoms with Crippen molar-refractivity contribution in [3.05, 3.63) is 63.6 Å². The molecule has 1 N–H and O–H groups in total. The molecule has 33 heavy (non-hydrogen) atoms. The number of hydrogen-bond donors (Lipinski definition) is 1. The molecule has 0 spiro atoms. The van der Waals surface area contributed by atoms with Gasteiger partial charge in [-0.3, -0.25) is 15.2 Å². The second-order valence-electron chi connectivity index (χ2n) is 8.45. The third kappa shape index (κ3) is 6.07. The molecule has 0 aromatic heterocycles. The molecule has 2 aliphatic heterocycles. The Morgan fingerprint density at radius 1 is 1.12 bits per heavy atom. The zero-order valence-corrected chi connectivity index (χ0v) is 20.4. The summed E-state index contributed by atoms with van der Waals surface area (Å²) in [5.74, 6) is -0.189. The summed E-state index contributed by atoms with van der Waals surface area (Å²) in [6.07, 6.45) is 5.21. The lowest BCUT2D eigenvalue weighted by atomic mass is 9.98. The van der Waals surface area contributed by atoms with E-state index in [1.54, 1.807) is 12.1 Å². The van der Waals surface area contributed by atoms with Gasteiger partial charge >= 0.3 is 0 Å². The Morgan fingerprint density at radius 2 is 1.88 bits per heavy atom. The van der Waals surface area contributed by atoms with Crippen LogP contribution in [0, 0.1) is 0 Å². The summed E-state index contributed by atoms with van der Waals surface area (Å²) in [4.78, 5) is 13.0. The molecule has 1 atom stereocenters. The van der Waals surface area contributed by atoms with Crippen LogP contribution in [0.2, 0.25) is 10.0 Å². The Morgan fingerprint density at radius 3 is 2.58 bits per heavy atom. The number of hydrazine groups is 1. The summed E-state index contributed by atoms with van der Waals surface area (Å²) in [7, 11) is 0. The molecule has 2 aromatic rings. The highest BCUT2D eigenvalue weighted by Gasteiger charge is 2.34. The number of halogens is 2. The van der Waals surface area contributed by atoms with Crippen molar-refractivity contribution in [2.24, 2.45) is 5.10 Å². The standard InChI is InChI=1S/C25H30Cl2N4O2/c1-2-3-4-5-18-6-8-19(9-7-18)24-17-22(25(32)29-30-12-14-33-15-13-30)28-31(24)23-11-10-20(26)16-21(23)27/h6-11,16,24H,2-5,12-15,17H2,1H3,(H,29,32). The molecule has 2 heterocycles. The van der Waals surface area contributed by atoms with Gasteiger partial charge in [0.05, 0.1) is 30.0 Å². The first-order valence-electron chi connectivity index (χ1n) is 11.6. The highest BCUT2D eigenvalue weighted by atomic mass is 35.5. The minimum Gasteiger partial charge on any atom is -0.379 e. The first-order valence-corrected chi connectivity index (χ1v) is 12.3. The first-order chi connectivity index (χ1) is 16.0. The van der Waals surface area contributed by atoms with E-state index in [2.05, 4.69) is 36.6 Å². The monoisotopic (exact) mass is 488 g/mol. The number of nitrogens with zero attached hydrogens (tertiary/aromatic N) is 3. The average Bonchev–Trinajstić information content (AvgIpc) is 3.26. The highest BCUT2D eigenvalue weighted by molar-refractivity contribution is 6.40. The molecule has 0 saturated carbocycles. The van der Waals surface area contributed by atoms with E-state index in [0.717, 1.165) is 17.7 Å². The van der Waals surface area contributed by atoms with Crippen LogP contribution < -0.4 is 10.4 Å². The fourth-order valence-electron chi connectivity index (χ4n) is 4.17. The summed E-state index contributed by atoms with van der Waals surface area (Å²) in [6.45, 7) is 4.74. The van der Waals surface area contributed by atoms with Crippen LogP contribution in [0.4, 0.5) is 5.69 Å². The lowest BCUT2D eigenvalue weighted by Gasteiger charge is -2.26. The zero-order valence-electron chi connectivity index (χ0n) is 18.9. The SMILES string of the molecule is CCCCCc1ccc(C2CC(C(=O)NN3CCOCC3)=NN2c2ccc(Cl)cc2Cl)cc1. The van der Waals surface area contributed by atoms with Gasteiger partial charge in [0.1, 0.15) is 5.71 Å². The molecular weight excluding hydrogens is 459 g/mol. The van der Waals surface area contributed by atoms with Crippen LogP contribution in [-0.2, 0) is 16.0 Å². The van der Waals surface area contributed by atoms with Crippen molar-refractivity contribution in [3.63, 3.8) is 0 Å². The van der Waals surface area contributed by atoms with E-state index in [0.29, 0.717) is 48.5 Å². The Kier molecular flexibility index (Phi) is 8.25. The fourth-order valence-corrected chi connectivity index (χ4v) is 4.66. The molecule has 1 fully saturated rings. The Labute approximate surface area is 205 Å². The number of hydrazone groups is 1. The van der Waals surface area contributed by atoms with E-state index in [1.807, 2.05) is 16.1 Å².